The second kappa shape index (κ2) is 6.80. The molecule has 134 valence electrons. The lowest BCUT2D eigenvalue weighted by Crippen LogP contribution is -2.47. The van der Waals surface area contributed by atoms with Crippen LogP contribution >= 0.6 is 11.5 Å². The topological polar surface area (TPSA) is 161 Å². The first-order valence-electron chi connectivity index (χ1n) is 7.42. The van der Waals surface area contributed by atoms with Gasteiger partial charge in [0.25, 0.3) is 0 Å². The summed E-state index contributed by atoms with van der Waals surface area (Å²) in [5.74, 6) is 0.380. The molecular formula is C14H9N9O3S. The van der Waals surface area contributed by atoms with Crippen LogP contribution in [0.1, 0.15) is 5.82 Å². The molecule has 4 aromatic rings. The van der Waals surface area contributed by atoms with Crippen LogP contribution in [0.4, 0.5) is 11.0 Å². The first kappa shape index (κ1) is 16.6. The van der Waals surface area contributed by atoms with E-state index in [4.69, 9.17) is 4.52 Å². The Balaban J connectivity index is 1.70. The van der Waals surface area contributed by atoms with Crippen LogP contribution in [0.2, 0.25) is 0 Å². The van der Waals surface area contributed by atoms with E-state index in [0.717, 1.165) is 11.5 Å². The highest BCUT2D eigenvalue weighted by molar-refractivity contribution is 7.11. The first-order chi connectivity index (χ1) is 13.1. The van der Waals surface area contributed by atoms with E-state index < -0.39 is 10.9 Å². The number of aryl methyl sites for hydroxylation is 1. The van der Waals surface area contributed by atoms with Gasteiger partial charge in [-0.2, -0.15) is 19.6 Å². The summed E-state index contributed by atoms with van der Waals surface area (Å²) in [6.07, 6.45) is 2.95. The van der Waals surface area contributed by atoms with E-state index in [2.05, 4.69) is 45.5 Å². The number of aromatic nitrogens is 5. The minimum absolute atomic E-state index is 0.00698. The predicted molar refractivity (Wildman–Crippen MR) is 94.0 cm³/mol. The number of hydrogen-bond acceptors (Lipinski definition) is 13. The summed E-state index contributed by atoms with van der Waals surface area (Å²) in [4.78, 5) is 36.3. The molecule has 3 heterocycles. The van der Waals surface area contributed by atoms with Crippen LogP contribution in [0, 0.1) is 6.92 Å². The maximum Gasteiger partial charge on any atom is 0.341 e. The second-order valence-electron chi connectivity index (χ2n) is 5.12. The van der Waals surface area contributed by atoms with Gasteiger partial charge in [-0.25, -0.2) is 15.4 Å². The van der Waals surface area contributed by atoms with Crippen molar-refractivity contribution < 1.29 is 4.52 Å². The summed E-state index contributed by atoms with van der Waals surface area (Å²) in [6, 6.07) is 2.45. The normalized spacial score (nSPS) is 12.6. The number of hydrogen-bond donors (Lipinski definition) is 2. The van der Waals surface area contributed by atoms with Crippen molar-refractivity contribution in [3.8, 4) is 0 Å². The molecule has 3 aromatic heterocycles. The van der Waals surface area contributed by atoms with E-state index in [0.29, 0.717) is 21.9 Å². The largest absolute Gasteiger partial charge is 0.341 e. The number of nitrogens with one attached hydrogen (secondary N) is 2. The van der Waals surface area contributed by atoms with E-state index >= 15 is 0 Å². The number of fused-ring (bicyclic) bond motifs is 1. The fourth-order valence-corrected chi connectivity index (χ4v) is 2.72. The fraction of sp³-hybridized carbons (Fsp3) is 0.0714. The van der Waals surface area contributed by atoms with E-state index in [1.165, 1.54) is 18.5 Å². The average molecular weight is 383 g/mol. The van der Waals surface area contributed by atoms with Gasteiger partial charge in [0, 0.05) is 0 Å². The van der Waals surface area contributed by atoms with Gasteiger partial charge >= 0.3 is 6.01 Å². The molecule has 2 N–H and O–H groups in total. The van der Waals surface area contributed by atoms with Crippen molar-refractivity contribution >= 4 is 33.6 Å². The molecular weight excluding hydrogens is 374 g/mol. The third-order valence-electron chi connectivity index (χ3n) is 3.29. The third-order valence-corrected chi connectivity index (χ3v) is 4.04. The summed E-state index contributed by atoms with van der Waals surface area (Å²) in [5, 5.41) is 11.5. The molecule has 4 rings (SSSR count). The zero-order valence-corrected chi connectivity index (χ0v) is 14.4. The first-order valence-corrected chi connectivity index (χ1v) is 8.19. The molecule has 0 unspecified atom stereocenters. The van der Waals surface area contributed by atoms with Gasteiger partial charge in [0.1, 0.15) is 22.7 Å². The highest BCUT2D eigenvalue weighted by Gasteiger charge is 2.07. The highest BCUT2D eigenvalue weighted by atomic mass is 32.1. The molecule has 0 aliphatic rings. The lowest BCUT2D eigenvalue weighted by Gasteiger charge is -1.94. The van der Waals surface area contributed by atoms with Crippen LogP contribution in [0.25, 0.3) is 11.0 Å². The summed E-state index contributed by atoms with van der Waals surface area (Å²) < 4.78 is 8.97. The van der Waals surface area contributed by atoms with Crippen LogP contribution in [0.15, 0.2) is 49.0 Å². The van der Waals surface area contributed by atoms with E-state index in [1.54, 1.807) is 13.1 Å². The maximum absolute atomic E-state index is 12.5. The lowest BCUT2D eigenvalue weighted by molar-refractivity contribution is 0.425. The molecule has 0 saturated heterocycles. The van der Waals surface area contributed by atoms with E-state index in [9.17, 15) is 9.59 Å². The van der Waals surface area contributed by atoms with Crippen molar-refractivity contribution in [1.82, 2.24) is 24.5 Å². The van der Waals surface area contributed by atoms with Gasteiger partial charge in [0.2, 0.25) is 10.9 Å². The molecule has 0 amide bonds. The smallest absolute Gasteiger partial charge is 0.314 e. The monoisotopic (exact) mass is 383 g/mol. The maximum atomic E-state index is 12.5. The van der Waals surface area contributed by atoms with Gasteiger partial charge in [0.15, 0.2) is 16.2 Å². The number of benzene rings is 1. The Labute approximate surface area is 152 Å². The minimum Gasteiger partial charge on any atom is -0.314 e. The molecule has 0 fully saturated rings. The third kappa shape index (κ3) is 3.30. The van der Waals surface area contributed by atoms with Crippen LogP contribution < -0.4 is 32.4 Å². The standard InChI is InChI=1S/C14H9N9O3S/c1-6-17-14(26-22-6)21-19-11-9(24)3-2-7(12(11)25)18-20-13-10-8(23-27-13)4-15-5-16-10/h2-5,20H,1H3,(H,17,21,22)/b18-7+,19-11+. The van der Waals surface area contributed by atoms with E-state index in [-0.39, 0.29) is 16.7 Å². The Kier molecular flexibility index (Phi) is 4.18. The molecule has 0 bridgehead atoms. The zero-order chi connectivity index (χ0) is 18.8. The molecule has 0 saturated carbocycles. The Bertz CT molecular complexity index is 1350. The van der Waals surface area contributed by atoms with Crippen LogP contribution in [0.3, 0.4) is 0 Å². The van der Waals surface area contributed by atoms with Crippen LogP contribution in [0.5, 0.6) is 0 Å². The van der Waals surface area contributed by atoms with Gasteiger partial charge in [-0.1, -0.05) is 5.16 Å². The molecule has 27 heavy (non-hydrogen) atoms. The van der Waals surface area contributed by atoms with Crippen molar-refractivity contribution in [1.29, 1.82) is 0 Å². The molecule has 0 atom stereocenters. The number of nitrogens with zero attached hydrogens (tertiary/aromatic N) is 7. The van der Waals surface area contributed by atoms with Crippen LogP contribution in [-0.2, 0) is 0 Å². The van der Waals surface area contributed by atoms with E-state index in [1.807, 2.05) is 0 Å². The Morgan fingerprint density at radius 3 is 2.89 bits per heavy atom. The molecule has 0 spiro atoms. The quantitative estimate of drug-likeness (QED) is 0.428. The van der Waals surface area contributed by atoms with Gasteiger partial charge in [0.05, 0.1) is 6.20 Å². The van der Waals surface area contributed by atoms with Crippen molar-refractivity contribution in [2.75, 3.05) is 10.9 Å². The molecule has 0 radical (unpaired) electrons. The molecule has 0 aliphatic carbocycles. The van der Waals surface area contributed by atoms with Crippen LogP contribution in [-0.4, -0.2) is 24.5 Å². The molecule has 1 aromatic carbocycles. The number of rotatable bonds is 4. The lowest BCUT2D eigenvalue weighted by atomic mass is 10.3. The average Bonchev–Trinajstić information content (AvgIpc) is 3.27. The van der Waals surface area contributed by atoms with Gasteiger partial charge in [-0.05, 0) is 30.6 Å². The van der Waals surface area contributed by atoms with Crippen molar-refractivity contribution in [2.45, 2.75) is 6.92 Å². The summed E-state index contributed by atoms with van der Waals surface area (Å²) in [5.41, 5.74) is 5.06. The molecule has 12 nitrogen and oxygen atoms in total. The van der Waals surface area contributed by atoms with Crippen molar-refractivity contribution in [3.63, 3.8) is 0 Å². The Hall–Kier alpha value is -3.87. The molecule has 13 heteroatoms. The van der Waals surface area contributed by atoms with Gasteiger partial charge in [-0.15, -0.1) is 0 Å². The minimum atomic E-state index is -0.665. The second-order valence-corrected chi connectivity index (χ2v) is 5.90. The zero-order valence-electron chi connectivity index (χ0n) is 13.6. The fourth-order valence-electron chi connectivity index (χ4n) is 2.07. The summed E-state index contributed by atoms with van der Waals surface area (Å²) in [6.45, 7) is 1.62. The summed E-state index contributed by atoms with van der Waals surface area (Å²) in [7, 11) is 0. The number of anilines is 2. The van der Waals surface area contributed by atoms with Gasteiger partial charge < -0.3 is 4.52 Å². The van der Waals surface area contributed by atoms with Gasteiger partial charge in [-0.3, -0.25) is 15.0 Å². The Morgan fingerprint density at radius 2 is 2.07 bits per heavy atom. The predicted octanol–water partition coefficient (Wildman–Crippen LogP) is -0.771. The Morgan fingerprint density at radius 1 is 1.19 bits per heavy atom. The van der Waals surface area contributed by atoms with Crippen molar-refractivity contribution in [2.24, 2.45) is 10.2 Å². The SMILES string of the molecule is Cc1noc(N/N=c2\c(=O)cc/c(=N\Nc3snc4cncnc34)c2=O)n1. The van der Waals surface area contributed by atoms with Crippen molar-refractivity contribution in [3.05, 3.63) is 61.6 Å². The summed E-state index contributed by atoms with van der Waals surface area (Å²) >= 11 is 1.12. The molecule has 0 aliphatic heterocycles. The highest BCUT2D eigenvalue weighted by Crippen LogP contribution is 2.24.